The van der Waals surface area contributed by atoms with Crippen LogP contribution >= 0.6 is 0 Å². The van der Waals surface area contributed by atoms with Gasteiger partial charge in [0.25, 0.3) is 0 Å². The Hall–Kier alpha value is -0.870. The molecule has 168 valence electrons. The summed E-state index contributed by atoms with van der Waals surface area (Å²) in [6.07, 6.45) is 17.3. The van der Waals surface area contributed by atoms with Crippen LogP contribution in [0.3, 0.4) is 0 Å². The molecule has 4 aliphatic carbocycles. The zero-order valence-electron chi connectivity index (χ0n) is 19.0. The quantitative estimate of drug-likeness (QED) is 0.429. The highest BCUT2D eigenvalue weighted by atomic mass is 16.7. The molecule has 0 aromatic carbocycles. The molecule has 0 aromatic rings. The van der Waals surface area contributed by atoms with Crippen LogP contribution in [0.4, 0.5) is 0 Å². The summed E-state index contributed by atoms with van der Waals surface area (Å²) in [5, 5.41) is 0. The van der Waals surface area contributed by atoms with Gasteiger partial charge in [-0.05, 0) is 93.8 Å². The maximum atomic E-state index is 11.9. The minimum atomic E-state index is -0.147. The van der Waals surface area contributed by atoms with Gasteiger partial charge in [-0.25, -0.2) is 0 Å². The Labute approximate surface area is 182 Å². The zero-order valence-corrected chi connectivity index (χ0v) is 19.0. The highest BCUT2D eigenvalue weighted by Gasteiger charge is 2.58. The Balaban J connectivity index is 1.41. The predicted octanol–water partition coefficient (Wildman–Crippen LogP) is 5.79. The lowest BCUT2D eigenvalue weighted by Crippen LogP contribution is -2.53. The second kappa shape index (κ2) is 8.24. The van der Waals surface area contributed by atoms with Crippen LogP contribution in [0, 0.1) is 28.6 Å². The lowest BCUT2D eigenvalue weighted by molar-refractivity contribution is -0.205. The Morgan fingerprint density at radius 2 is 2.03 bits per heavy atom. The number of allylic oxidation sites excluding steroid dienone is 1. The van der Waals surface area contributed by atoms with Crippen molar-refractivity contribution < 1.29 is 19.0 Å². The number of ether oxygens (including phenoxy) is 3. The average Bonchev–Trinajstić information content (AvgIpc) is 3.14. The molecule has 4 heteroatoms. The molecular formula is C26H40O4. The fourth-order valence-corrected chi connectivity index (χ4v) is 8.11. The molecule has 1 aliphatic heterocycles. The first-order valence-electron chi connectivity index (χ1n) is 12.6. The molecule has 4 nitrogen and oxygen atoms in total. The molecule has 1 saturated heterocycles. The van der Waals surface area contributed by atoms with Gasteiger partial charge in [0.15, 0.2) is 6.29 Å². The molecule has 7 atom stereocenters. The van der Waals surface area contributed by atoms with Crippen LogP contribution in [0.5, 0.6) is 0 Å². The molecule has 5 aliphatic rings. The van der Waals surface area contributed by atoms with Crippen LogP contribution in [-0.2, 0) is 19.0 Å². The third-order valence-corrected chi connectivity index (χ3v) is 9.55. The van der Waals surface area contributed by atoms with Gasteiger partial charge >= 0.3 is 5.97 Å². The van der Waals surface area contributed by atoms with Gasteiger partial charge in [0.1, 0.15) is 6.61 Å². The van der Waals surface area contributed by atoms with E-state index in [1.165, 1.54) is 44.9 Å². The molecule has 0 radical (unpaired) electrons. The minimum Gasteiger partial charge on any atom is -0.465 e. The molecule has 3 saturated carbocycles. The van der Waals surface area contributed by atoms with Crippen molar-refractivity contribution >= 4 is 5.97 Å². The first-order chi connectivity index (χ1) is 14.5. The second-order valence-corrected chi connectivity index (χ2v) is 11.2. The van der Waals surface area contributed by atoms with Crippen LogP contribution in [-0.4, -0.2) is 31.6 Å². The van der Waals surface area contributed by atoms with E-state index in [0.29, 0.717) is 17.9 Å². The molecule has 4 fully saturated rings. The fourth-order valence-electron chi connectivity index (χ4n) is 8.11. The van der Waals surface area contributed by atoms with E-state index < -0.39 is 0 Å². The van der Waals surface area contributed by atoms with E-state index in [1.54, 1.807) is 12.5 Å². The standard InChI is InChI=1S/C26H40O4/c1-18(27)29-17-26-16-20(30-24-7-3-4-15-28-24)10-8-19(26)9-11-21-22-6-5-13-25(22,2)14-12-23(21)26/h9,20-24H,3-8,10-17H2,1-2H3/t20?,21?,22?,23?,24?,25-,26+/m0/s1. The summed E-state index contributed by atoms with van der Waals surface area (Å²) in [4.78, 5) is 11.9. The Bertz CT molecular complexity index is 681. The summed E-state index contributed by atoms with van der Waals surface area (Å²) in [5.41, 5.74) is 2.09. The molecular weight excluding hydrogens is 376 g/mol. The Morgan fingerprint density at radius 1 is 1.13 bits per heavy atom. The van der Waals surface area contributed by atoms with Gasteiger partial charge in [0.2, 0.25) is 0 Å². The number of carbonyl (C=O) groups excluding carboxylic acids is 1. The van der Waals surface area contributed by atoms with E-state index in [9.17, 15) is 4.79 Å². The van der Waals surface area contributed by atoms with Gasteiger partial charge < -0.3 is 14.2 Å². The highest BCUT2D eigenvalue weighted by molar-refractivity contribution is 5.66. The third kappa shape index (κ3) is 3.66. The van der Waals surface area contributed by atoms with Crippen LogP contribution in [0.15, 0.2) is 11.6 Å². The molecule has 1 heterocycles. The molecule has 0 amide bonds. The minimum absolute atomic E-state index is 0.0178. The topological polar surface area (TPSA) is 44.8 Å². The molecule has 0 bridgehead atoms. The van der Waals surface area contributed by atoms with Gasteiger partial charge in [-0.1, -0.05) is 25.0 Å². The third-order valence-electron chi connectivity index (χ3n) is 9.55. The highest BCUT2D eigenvalue weighted by Crippen LogP contribution is 2.65. The van der Waals surface area contributed by atoms with E-state index in [4.69, 9.17) is 14.2 Å². The summed E-state index contributed by atoms with van der Waals surface area (Å²) in [7, 11) is 0. The van der Waals surface area contributed by atoms with Gasteiger partial charge in [-0.2, -0.15) is 0 Å². The average molecular weight is 417 g/mol. The first-order valence-corrected chi connectivity index (χ1v) is 12.6. The van der Waals surface area contributed by atoms with E-state index in [1.807, 2.05) is 0 Å². The SMILES string of the molecule is CC(=O)OC[C@]12CC(OC3CCCCO3)CCC1=CCC1C3CCC[C@@]3(C)CCC12. The molecule has 5 unspecified atom stereocenters. The number of esters is 1. The predicted molar refractivity (Wildman–Crippen MR) is 116 cm³/mol. The number of rotatable bonds is 4. The monoisotopic (exact) mass is 416 g/mol. The lowest BCUT2D eigenvalue weighted by atomic mass is 9.47. The largest absolute Gasteiger partial charge is 0.465 e. The van der Waals surface area contributed by atoms with Crippen molar-refractivity contribution in [2.75, 3.05) is 13.2 Å². The maximum Gasteiger partial charge on any atom is 0.302 e. The van der Waals surface area contributed by atoms with Crippen LogP contribution in [0.1, 0.15) is 90.9 Å². The smallest absolute Gasteiger partial charge is 0.302 e. The summed E-state index contributed by atoms with van der Waals surface area (Å²) in [6, 6.07) is 0. The summed E-state index contributed by atoms with van der Waals surface area (Å²) in [5.74, 6) is 2.07. The summed E-state index contributed by atoms with van der Waals surface area (Å²) < 4.78 is 18.2. The van der Waals surface area contributed by atoms with E-state index in [-0.39, 0.29) is 23.8 Å². The molecule has 30 heavy (non-hydrogen) atoms. The molecule has 0 aromatic heterocycles. The van der Waals surface area contributed by atoms with Crippen molar-refractivity contribution in [2.45, 2.75) is 103 Å². The van der Waals surface area contributed by atoms with Crippen molar-refractivity contribution in [3.63, 3.8) is 0 Å². The Kier molecular flexibility index (Phi) is 5.77. The molecule has 0 N–H and O–H groups in total. The van der Waals surface area contributed by atoms with Gasteiger partial charge in [-0.15, -0.1) is 0 Å². The van der Waals surface area contributed by atoms with Crippen molar-refractivity contribution in [2.24, 2.45) is 28.6 Å². The van der Waals surface area contributed by atoms with E-state index >= 15 is 0 Å². The normalized spacial score (nSPS) is 45.7. The van der Waals surface area contributed by atoms with Crippen molar-refractivity contribution in [3.05, 3.63) is 11.6 Å². The van der Waals surface area contributed by atoms with Crippen LogP contribution in [0.25, 0.3) is 0 Å². The number of carbonyl (C=O) groups is 1. The first kappa shape index (κ1) is 21.0. The lowest BCUT2D eigenvalue weighted by Gasteiger charge is -2.58. The second-order valence-electron chi connectivity index (χ2n) is 11.2. The molecule has 0 spiro atoms. The van der Waals surface area contributed by atoms with Crippen molar-refractivity contribution in [1.29, 1.82) is 0 Å². The number of hydrogen-bond acceptors (Lipinski definition) is 4. The van der Waals surface area contributed by atoms with E-state index in [0.717, 1.165) is 50.5 Å². The van der Waals surface area contributed by atoms with Gasteiger partial charge in [0.05, 0.1) is 6.10 Å². The summed E-state index contributed by atoms with van der Waals surface area (Å²) in [6.45, 7) is 5.48. The fraction of sp³-hybridized carbons (Fsp3) is 0.885. The molecule has 5 rings (SSSR count). The van der Waals surface area contributed by atoms with Gasteiger partial charge in [-0.3, -0.25) is 4.79 Å². The Morgan fingerprint density at radius 3 is 2.83 bits per heavy atom. The maximum absolute atomic E-state index is 11.9. The van der Waals surface area contributed by atoms with Crippen LogP contribution in [0.2, 0.25) is 0 Å². The van der Waals surface area contributed by atoms with Crippen molar-refractivity contribution in [3.8, 4) is 0 Å². The van der Waals surface area contributed by atoms with Gasteiger partial charge in [0, 0.05) is 18.9 Å². The number of fused-ring (bicyclic) bond motifs is 5. The summed E-state index contributed by atoms with van der Waals surface area (Å²) >= 11 is 0. The zero-order chi connectivity index (χ0) is 20.8. The van der Waals surface area contributed by atoms with Crippen molar-refractivity contribution in [1.82, 2.24) is 0 Å². The van der Waals surface area contributed by atoms with E-state index in [2.05, 4.69) is 13.0 Å². The number of hydrogen-bond donors (Lipinski definition) is 0. The van der Waals surface area contributed by atoms with Crippen LogP contribution < -0.4 is 0 Å².